The van der Waals surface area contributed by atoms with Crippen LogP contribution in [0.5, 0.6) is 0 Å². The molecule has 0 radical (unpaired) electrons. The van der Waals surface area contributed by atoms with Crippen molar-refractivity contribution in [2.24, 2.45) is 0 Å². The third-order valence-electron chi connectivity index (χ3n) is 2.84. The van der Waals surface area contributed by atoms with Crippen LogP contribution >= 0.6 is 15.9 Å². The molecule has 22 heavy (non-hydrogen) atoms. The lowest BCUT2D eigenvalue weighted by molar-refractivity contribution is 0.400. The lowest BCUT2D eigenvalue weighted by atomic mass is 10.3. The van der Waals surface area contributed by atoms with Gasteiger partial charge in [0.25, 0.3) is 0 Å². The van der Waals surface area contributed by atoms with E-state index in [1.165, 1.54) is 0 Å². The zero-order chi connectivity index (χ0) is 15.5. The van der Waals surface area contributed by atoms with Gasteiger partial charge in [-0.15, -0.1) is 0 Å². The number of halogens is 1. The normalized spacial score (nSPS) is 10.5. The summed E-state index contributed by atoms with van der Waals surface area (Å²) in [5.74, 6) is 2.48. The zero-order valence-corrected chi connectivity index (χ0v) is 13.7. The molecule has 6 nitrogen and oxygen atoms in total. The van der Waals surface area contributed by atoms with Gasteiger partial charge < -0.3 is 15.2 Å². The van der Waals surface area contributed by atoms with E-state index in [0.29, 0.717) is 17.6 Å². The van der Waals surface area contributed by atoms with E-state index < -0.39 is 0 Å². The van der Waals surface area contributed by atoms with Crippen LogP contribution in [0.2, 0.25) is 0 Å². The fourth-order valence-electron chi connectivity index (χ4n) is 1.91. The van der Waals surface area contributed by atoms with Crippen LogP contribution in [0.25, 0.3) is 0 Å². The number of nitrogens with zero attached hydrogens (tertiary/aromatic N) is 3. The number of anilines is 4. The van der Waals surface area contributed by atoms with Gasteiger partial charge in [-0.2, -0.15) is 4.98 Å². The molecule has 1 aromatic carbocycles. The number of benzene rings is 1. The lowest BCUT2D eigenvalue weighted by Gasteiger charge is -2.08. The standard InChI is InChI=1S/C15H14BrN5O/c1-9-7-13(18-12-5-3-11(16)4-6-12)19-15(17-9)20-14-8-10(2)22-21-14/h3-8H,1-2H3,(H2,17,18,19,20,21). The smallest absolute Gasteiger partial charge is 0.230 e. The molecule has 0 unspecified atom stereocenters. The Morgan fingerprint density at radius 3 is 2.41 bits per heavy atom. The maximum absolute atomic E-state index is 5.02. The number of hydrogen-bond acceptors (Lipinski definition) is 6. The highest BCUT2D eigenvalue weighted by atomic mass is 79.9. The number of hydrogen-bond donors (Lipinski definition) is 2. The molecule has 2 N–H and O–H groups in total. The van der Waals surface area contributed by atoms with E-state index in [1.807, 2.05) is 44.2 Å². The Morgan fingerprint density at radius 2 is 1.73 bits per heavy atom. The molecule has 0 aliphatic heterocycles. The van der Waals surface area contributed by atoms with Crippen molar-refractivity contribution in [2.45, 2.75) is 13.8 Å². The summed E-state index contributed by atoms with van der Waals surface area (Å²) in [6, 6.07) is 11.5. The van der Waals surface area contributed by atoms with Gasteiger partial charge >= 0.3 is 0 Å². The average Bonchev–Trinajstić information content (AvgIpc) is 2.86. The molecule has 0 aliphatic carbocycles. The molecule has 0 saturated carbocycles. The lowest BCUT2D eigenvalue weighted by Crippen LogP contribution is -2.02. The molecule has 0 bridgehead atoms. The van der Waals surface area contributed by atoms with E-state index in [9.17, 15) is 0 Å². The van der Waals surface area contributed by atoms with Gasteiger partial charge in [0, 0.05) is 28.0 Å². The molecule has 2 heterocycles. The minimum Gasteiger partial charge on any atom is -0.360 e. The van der Waals surface area contributed by atoms with Crippen molar-refractivity contribution in [1.82, 2.24) is 15.1 Å². The molecule has 0 amide bonds. The Balaban J connectivity index is 1.81. The van der Waals surface area contributed by atoms with E-state index in [2.05, 4.69) is 41.7 Å². The predicted octanol–water partition coefficient (Wildman–Crippen LogP) is 4.33. The van der Waals surface area contributed by atoms with Gasteiger partial charge in [-0.05, 0) is 38.1 Å². The van der Waals surface area contributed by atoms with Crippen LogP contribution < -0.4 is 10.6 Å². The quantitative estimate of drug-likeness (QED) is 0.721. The van der Waals surface area contributed by atoms with Gasteiger partial charge in [-0.3, -0.25) is 0 Å². The van der Waals surface area contributed by atoms with Crippen LogP contribution in [0.4, 0.5) is 23.3 Å². The van der Waals surface area contributed by atoms with E-state index in [4.69, 9.17) is 4.52 Å². The molecule has 112 valence electrons. The second kappa shape index (κ2) is 6.15. The van der Waals surface area contributed by atoms with Crippen molar-refractivity contribution in [3.8, 4) is 0 Å². The minimum absolute atomic E-state index is 0.466. The SMILES string of the molecule is Cc1cc(Nc2ccc(Br)cc2)nc(Nc2cc(C)on2)n1. The summed E-state index contributed by atoms with van der Waals surface area (Å²) in [5, 5.41) is 10.1. The second-order valence-corrected chi connectivity index (χ2v) is 5.71. The molecule has 3 aromatic rings. The summed E-state index contributed by atoms with van der Waals surface area (Å²) in [5.41, 5.74) is 1.79. The molecule has 7 heteroatoms. The van der Waals surface area contributed by atoms with E-state index in [-0.39, 0.29) is 0 Å². The van der Waals surface area contributed by atoms with Crippen LogP contribution in [0.1, 0.15) is 11.5 Å². The second-order valence-electron chi connectivity index (χ2n) is 4.80. The maximum Gasteiger partial charge on any atom is 0.230 e. The Morgan fingerprint density at radius 1 is 0.955 bits per heavy atom. The van der Waals surface area contributed by atoms with E-state index >= 15 is 0 Å². The summed E-state index contributed by atoms with van der Waals surface area (Å²) in [6.07, 6.45) is 0. The number of nitrogens with one attached hydrogen (secondary N) is 2. The summed E-state index contributed by atoms with van der Waals surface area (Å²) in [4.78, 5) is 8.77. The summed E-state index contributed by atoms with van der Waals surface area (Å²) in [7, 11) is 0. The van der Waals surface area contributed by atoms with Crippen molar-refractivity contribution < 1.29 is 4.52 Å². The highest BCUT2D eigenvalue weighted by Gasteiger charge is 2.06. The van der Waals surface area contributed by atoms with Crippen LogP contribution in [0, 0.1) is 13.8 Å². The Kier molecular flexibility index (Phi) is 4.06. The largest absolute Gasteiger partial charge is 0.360 e. The van der Waals surface area contributed by atoms with Gasteiger partial charge in [0.15, 0.2) is 5.82 Å². The Labute approximate surface area is 136 Å². The molecule has 0 aliphatic rings. The van der Waals surface area contributed by atoms with Gasteiger partial charge in [0.2, 0.25) is 5.95 Å². The van der Waals surface area contributed by atoms with Crippen LogP contribution in [0.15, 0.2) is 45.4 Å². The molecular formula is C15H14BrN5O. The summed E-state index contributed by atoms with van der Waals surface area (Å²) in [6.45, 7) is 3.74. The maximum atomic E-state index is 5.02. The zero-order valence-electron chi connectivity index (χ0n) is 12.1. The van der Waals surface area contributed by atoms with E-state index in [0.717, 1.165) is 21.6 Å². The molecule has 0 saturated heterocycles. The summed E-state index contributed by atoms with van der Waals surface area (Å²) >= 11 is 3.41. The average molecular weight is 360 g/mol. The number of rotatable bonds is 4. The van der Waals surface area contributed by atoms with Crippen molar-refractivity contribution in [2.75, 3.05) is 10.6 Å². The summed E-state index contributed by atoms with van der Waals surface area (Å²) < 4.78 is 6.04. The monoisotopic (exact) mass is 359 g/mol. The molecule has 0 spiro atoms. The van der Waals surface area contributed by atoms with Gasteiger partial charge in [0.1, 0.15) is 11.6 Å². The highest BCUT2D eigenvalue weighted by Crippen LogP contribution is 2.20. The predicted molar refractivity (Wildman–Crippen MR) is 88.7 cm³/mol. The first kappa shape index (κ1) is 14.5. The molecule has 2 aromatic heterocycles. The fourth-order valence-corrected chi connectivity index (χ4v) is 2.17. The van der Waals surface area contributed by atoms with Crippen molar-refractivity contribution in [3.05, 3.63) is 52.3 Å². The van der Waals surface area contributed by atoms with Crippen molar-refractivity contribution >= 4 is 39.2 Å². The molecule has 0 fully saturated rings. The minimum atomic E-state index is 0.466. The third kappa shape index (κ3) is 3.62. The number of aryl methyl sites for hydroxylation is 2. The van der Waals surface area contributed by atoms with Crippen LogP contribution in [-0.4, -0.2) is 15.1 Å². The topological polar surface area (TPSA) is 75.9 Å². The van der Waals surface area contributed by atoms with E-state index in [1.54, 1.807) is 6.07 Å². The first-order valence-electron chi connectivity index (χ1n) is 6.67. The van der Waals surface area contributed by atoms with Gasteiger partial charge in [0.05, 0.1) is 0 Å². The fraction of sp³-hybridized carbons (Fsp3) is 0.133. The first-order valence-corrected chi connectivity index (χ1v) is 7.46. The number of aromatic nitrogens is 3. The van der Waals surface area contributed by atoms with Crippen LogP contribution in [0.3, 0.4) is 0 Å². The van der Waals surface area contributed by atoms with Gasteiger partial charge in [-0.25, -0.2) is 4.98 Å². The molecule has 0 atom stereocenters. The Bertz CT molecular complexity index is 785. The van der Waals surface area contributed by atoms with Crippen molar-refractivity contribution in [1.29, 1.82) is 0 Å². The van der Waals surface area contributed by atoms with Gasteiger partial charge in [-0.1, -0.05) is 21.1 Å². The third-order valence-corrected chi connectivity index (χ3v) is 3.37. The van der Waals surface area contributed by atoms with Crippen LogP contribution in [-0.2, 0) is 0 Å². The molecule has 3 rings (SSSR count). The van der Waals surface area contributed by atoms with Crippen molar-refractivity contribution in [3.63, 3.8) is 0 Å². The highest BCUT2D eigenvalue weighted by molar-refractivity contribution is 9.10. The first-order chi connectivity index (χ1) is 10.6. The molecular weight excluding hydrogens is 346 g/mol. The Hall–Kier alpha value is -2.41.